The van der Waals surface area contributed by atoms with Gasteiger partial charge in [0.05, 0.1) is 33.3 Å². The molecule has 1 aliphatic rings. The predicted octanol–water partition coefficient (Wildman–Crippen LogP) is 2.13. The van der Waals surface area contributed by atoms with Gasteiger partial charge >= 0.3 is 11.9 Å². The van der Waals surface area contributed by atoms with E-state index in [0.29, 0.717) is 19.8 Å². The summed E-state index contributed by atoms with van der Waals surface area (Å²) in [6, 6.07) is 9.37. The molecule has 27 heavy (non-hydrogen) atoms. The molecule has 1 heterocycles. The molecule has 7 heteroatoms. The maximum atomic E-state index is 12.2. The van der Waals surface area contributed by atoms with Crippen molar-refractivity contribution in [2.75, 3.05) is 26.9 Å². The third-order valence-electron chi connectivity index (χ3n) is 4.40. The molecule has 7 nitrogen and oxygen atoms in total. The van der Waals surface area contributed by atoms with Gasteiger partial charge in [0.25, 0.3) is 0 Å². The van der Waals surface area contributed by atoms with E-state index in [1.54, 1.807) is 6.92 Å². The summed E-state index contributed by atoms with van der Waals surface area (Å²) >= 11 is 0. The fraction of sp³-hybridized carbons (Fsp3) is 0.600. The summed E-state index contributed by atoms with van der Waals surface area (Å²) in [5.74, 6) is -1.45. The Kier molecular flexibility index (Phi) is 7.77. The van der Waals surface area contributed by atoms with E-state index in [-0.39, 0.29) is 37.0 Å². The lowest BCUT2D eigenvalue weighted by Crippen LogP contribution is -2.48. The van der Waals surface area contributed by atoms with Crippen molar-refractivity contribution < 1.29 is 28.5 Å². The Bertz CT molecular complexity index is 618. The van der Waals surface area contributed by atoms with E-state index in [1.807, 2.05) is 49.1 Å². The van der Waals surface area contributed by atoms with E-state index in [0.717, 1.165) is 5.56 Å². The molecule has 1 fully saturated rings. The lowest BCUT2D eigenvalue weighted by molar-refractivity contribution is -0.158. The van der Waals surface area contributed by atoms with E-state index in [9.17, 15) is 9.59 Å². The largest absolute Gasteiger partial charge is 0.469 e. The topological polar surface area (TPSA) is 74.3 Å². The fourth-order valence-electron chi connectivity index (χ4n) is 3.14. The van der Waals surface area contributed by atoms with Crippen molar-refractivity contribution in [2.24, 2.45) is 0 Å². The minimum Gasteiger partial charge on any atom is -0.469 e. The van der Waals surface area contributed by atoms with Gasteiger partial charge in [-0.25, -0.2) is 0 Å². The van der Waals surface area contributed by atoms with Gasteiger partial charge in [-0.2, -0.15) is 0 Å². The number of methoxy groups -OCH3 is 1. The molecule has 1 saturated heterocycles. The molecule has 0 spiro atoms. The molecular weight excluding hydrogens is 350 g/mol. The van der Waals surface area contributed by atoms with Crippen LogP contribution in [0.25, 0.3) is 0 Å². The second-order valence-electron chi connectivity index (χ2n) is 6.91. The Hall–Kier alpha value is -1.96. The van der Waals surface area contributed by atoms with Crippen LogP contribution in [0.5, 0.6) is 0 Å². The van der Waals surface area contributed by atoms with Crippen molar-refractivity contribution in [1.82, 2.24) is 4.90 Å². The van der Waals surface area contributed by atoms with E-state index in [2.05, 4.69) is 0 Å². The van der Waals surface area contributed by atoms with Crippen molar-refractivity contribution in [3.63, 3.8) is 0 Å². The van der Waals surface area contributed by atoms with E-state index in [1.165, 1.54) is 7.11 Å². The standard InChI is InChI=1S/C20H29NO6/c1-5-25-19(23)13-21(12-15-9-7-6-8-10-15)16(11-18(22)24-4)17-14-26-20(2,3)27-17/h6-10,16-17H,5,11-14H2,1-4H3. The van der Waals surface area contributed by atoms with Gasteiger partial charge in [0.1, 0.15) is 6.10 Å². The SMILES string of the molecule is CCOC(=O)CN(Cc1ccccc1)C(CC(=O)OC)C1COC(C)(C)O1. The molecule has 1 aromatic rings. The van der Waals surface area contributed by atoms with Crippen LogP contribution in [0.2, 0.25) is 0 Å². The number of ether oxygens (including phenoxy) is 4. The molecule has 0 aromatic heterocycles. The molecule has 0 saturated carbocycles. The van der Waals surface area contributed by atoms with Crippen molar-refractivity contribution in [3.8, 4) is 0 Å². The predicted molar refractivity (Wildman–Crippen MR) is 98.8 cm³/mol. The van der Waals surface area contributed by atoms with Crippen LogP contribution >= 0.6 is 0 Å². The molecule has 0 aliphatic carbocycles. The maximum absolute atomic E-state index is 12.2. The number of hydrogen-bond acceptors (Lipinski definition) is 7. The average Bonchev–Trinajstić information content (AvgIpc) is 2.99. The minimum atomic E-state index is -0.735. The van der Waals surface area contributed by atoms with Crippen LogP contribution in [0.1, 0.15) is 32.8 Å². The van der Waals surface area contributed by atoms with Gasteiger partial charge in [-0.1, -0.05) is 30.3 Å². The highest BCUT2D eigenvalue weighted by molar-refractivity contribution is 5.72. The van der Waals surface area contributed by atoms with Crippen LogP contribution in [-0.2, 0) is 35.1 Å². The maximum Gasteiger partial charge on any atom is 0.320 e. The monoisotopic (exact) mass is 379 g/mol. The number of rotatable bonds is 9. The smallest absolute Gasteiger partial charge is 0.320 e. The van der Waals surface area contributed by atoms with Crippen molar-refractivity contribution in [3.05, 3.63) is 35.9 Å². The van der Waals surface area contributed by atoms with E-state index < -0.39 is 5.79 Å². The van der Waals surface area contributed by atoms with Gasteiger partial charge in [-0.05, 0) is 26.3 Å². The van der Waals surface area contributed by atoms with E-state index >= 15 is 0 Å². The average molecular weight is 379 g/mol. The zero-order valence-corrected chi connectivity index (χ0v) is 16.5. The number of esters is 2. The van der Waals surface area contributed by atoms with Gasteiger partial charge in [-0.3, -0.25) is 14.5 Å². The van der Waals surface area contributed by atoms with Crippen LogP contribution < -0.4 is 0 Å². The third-order valence-corrected chi connectivity index (χ3v) is 4.40. The normalized spacial score (nSPS) is 19.7. The highest BCUT2D eigenvalue weighted by atomic mass is 16.7. The Labute approximate surface area is 160 Å². The van der Waals surface area contributed by atoms with Gasteiger partial charge in [-0.15, -0.1) is 0 Å². The molecule has 1 aliphatic heterocycles. The molecule has 0 bridgehead atoms. The van der Waals surface area contributed by atoms with Crippen molar-refractivity contribution in [2.45, 2.75) is 51.7 Å². The van der Waals surface area contributed by atoms with Crippen molar-refractivity contribution >= 4 is 11.9 Å². The third kappa shape index (κ3) is 6.61. The van der Waals surface area contributed by atoms with Crippen molar-refractivity contribution in [1.29, 1.82) is 0 Å². The molecule has 0 N–H and O–H groups in total. The molecule has 2 rings (SSSR count). The zero-order valence-electron chi connectivity index (χ0n) is 16.5. The molecule has 2 atom stereocenters. The lowest BCUT2D eigenvalue weighted by Gasteiger charge is -2.34. The van der Waals surface area contributed by atoms with Crippen LogP contribution in [0.15, 0.2) is 30.3 Å². The van der Waals surface area contributed by atoms with Crippen LogP contribution in [0.4, 0.5) is 0 Å². The summed E-state index contributed by atoms with van der Waals surface area (Å²) in [7, 11) is 1.35. The Balaban J connectivity index is 2.25. The fourth-order valence-corrected chi connectivity index (χ4v) is 3.14. The second kappa shape index (κ2) is 9.82. The Morgan fingerprint density at radius 2 is 1.96 bits per heavy atom. The van der Waals surface area contributed by atoms with Crippen LogP contribution in [0, 0.1) is 0 Å². The zero-order chi connectivity index (χ0) is 19.9. The van der Waals surface area contributed by atoms with E-state index in [4.69, 9.17) is 18.9 Å². The van der Waals surface area contributed by atoms with Gasteiger partial charge in [0.2, 0.25) is 0 Å². The summed E-state index contributed by atoms with van der Waals surface area (Å²) in [5.41, 5.74) is 1.02. The quantitative estimate of drug-likeness (QED) is 0.609. The first-order valence-corrected chi connectivity index (χ1v) is 9.16. The summed E-state index contributed by atoms with van der Waals surface area (Å²) in [4.78, 5) is 26.1. The molecular formula is C20H29NO6. The summed E-state index contributed by atoms with van der Waals surface area (Å²) in [6.07, 6.45) is -0.274. The van der Waals surface area contributed by atoms with Gasteiger partial charge in [0, 0.05) is 12.6 Å². The minimum absolute atomic E-state index is 0.0463. The Morgan fingerprint density at radius 1 is 1.26 bits per heavy atom. The van der Waals surface area contributed by atoms with Gasteiger partial charge < -0.3 is 18.9 Å². The second-order valence-corrected chi connectivity index (χ2v) is 6.91. The number of carbonyl (C=O) groups is 2. The first-order valence-electron chi connectivity index (χ1n) is 9.16. The van der Waals surface area contributed by atoms with Crippen LogP contribution in [-0.4, -0.2) is 61.6 Å². The number of carbonyl (C=O) groups excluding carboxylic acids is 2. The van der Waals surface area contributed by atoms with Gasteiger partial charge in [0.15, 0.2) is 5.79 Å². The molecule has 1 aromatic carbocycles. The lowest BCUT2D eigenvalue weighted by atomic mass is 10.0. The number of nitrogens with zero attached hydrogens (tertiary/aromatic N) is 1. The molecule has 150 valence electrons. The summed E-state index contributed by atoms with van der Waals surface area (Å²) in [5, 5.41) is 0. The first-order chi connectivity index (χ1) is 12.8. The first kappa shape index (κ1) is 21.3. The summed E-state index contributed by atoms with van der Waals surface area (Å²) < 4.78 is 21.7. The molecule has 0 amide bonds. The molecule has 2 unspecified atom stereocenters. The summed E-state index contributed by atoms with van der Waals surface area (Å²) in [6.45, 7) is 6.58. The highest BCUT2D eigenvalue weighted by Gasteiger charge is 2.41. The van der Waals surface area contributed by atoms with Crippen LogP contribution in [0.3, 0.4) is 0 Å². The molecule has 0 radical (unpaired) electrons. The number of hydrogen-bond donors (Lipinski definition) is 0. The highest BCUT2D eigenvalue weighted by Crippen LogP contribution is 2.28. The number of benzene rings is 1. The Morgan fingerprint density at radius 3 is 2.52 bits per heavy atom.